The number of ether oxygens (including phenoxy) is 2. The van der Waals surface area contributed by atoms with Gasteiger partial charge in [-0.25, -0.2) is 4.79 Å². The van der Waals surface area contributed by atoms with Crippen LogP contribution in [0.2, 0.25) is 0 Å². The summed E-state index contributed by atoms with van der Waals surface area (Å²) < 4.78 is 9.23. The van der Waals surface area contributed by atoms with E-state index in [2.05, 4.69) is 18.2 Å². The number of rotatable bonds is 5. The lowest BCUT2D eigenvalue weighted by Gasteiger charge is -2.11. The number of methoxy groups -OCH3 is 1. The van der Waals surface area contributed by atoms with Gasteiger partial charge in [0.05, 0.1) is 7.11 Å². The van der Waals surface area contributed by atoms with Crippen molar-refractivity contribution < 1.29 is 14.3 Å². The van der Waals surface area contributed by atoms with Crippen LogP contribution in [0.1, 0.15) is 26.2 Å². The Morgan fingerprint density at radius 1 is 1.67 bits per heavy atom. The van der Waals surface area contributed by atoms with Crippen LogP contribution in [-0.2, 0) is 9.47 Å². The van der Waals surface area contributed by atoms with E-state index in [1.165, 1.54) is 7.11 Å². The molecule has 0 amide bonds. The molecule has 0 N–H and O–H groups in total. The van der Waals surface area contributed by atoms with Crippen molar-refractivity contribution in [1.82, 2.24) is 0 Å². The van der Waals surface area contributed by atoms with Gasteiger partial charge in [-0.1, -0.05) is 26.0 Å². The number of hydrogen-bond donors (Lipinski definition) is 0. The number of carbonyl (C=O) groups excluding carboxylic acids is 1. The van der Waals surface area contributed by atoms with Gasteiger partial charge in [0.1, 0.15) is 6.10 Å². The Hall–Kier alpha value is -0.990. The van der Waals surface area contributed by atoms with Crippen molar-refractivity contribution >= 4 is 6.16 Å². The van der Waals surface area contributed by atoms with E-state index in [1.807, 2.05) is 0 Å². The van der Waals surface area contributed by atoms with E-state index >= 15 is 0 Å². The fraction of sp³-hybridized carbons (Fsp3) is 0.667. The molecule has 1 atom stereocenters. The minimum absolute atomic E-state index is 0.211. The van der Waals surface area contributed by atoms with E-state index in [9.17, 15) is 4.79 Å². The Labute approximate surface area is 73.4 Å². The Kier molecular flexibility index (Phi) is 6.15. The maximum absolute atomic E-state index is 10.7. The highest BCUT2D eigenvalue weighted by molar-refractivity contribution is 5.60. The van der Waals surface area contributed by atoms with Gasteiger partial charge >= 0.3 is 6.16 Å². The lowest BCUT2D eigenvalue weighted by atomic mass is 10.1. The Morgan fingerprint density at radius 3 is 2.75 bits per heavy atom. The lowest BCUT2D eigenvalue weighted by molar-refractivity contribution is 0.0494. The van der Waals surface area contributed by atoms with E-state index in [4.69, 9.17) is 4.74 Å². The fourth-order valence-corrected chi connectivity index (χ4v) is 0.802. The molecule has 1 unspecified atom stereocenters. The molecule has 70 valence electrons. The molecule has 0 saturated heterocycles. The zero-order valence-corrected chi connectivity index (χ0v) is 7.71. The molecule has 0 heterocycles. The van der Waals surface area contributed by atoms with Crippen molar-refractivity contribution in [3.63, 3.8) is 0 Å². The number of unbranched alkanes of at least 4 members (excludes halogenated alkanes) is 1. The average molecular weight is 172 g/mol. The van der Waals surface area contributed by atoms with Crippen LogP contribution in [0, 0.1) is 0 Å². The highest BCUT2D eigenvalue weighted by Gasteiger charge is 2.09. The van der Waals surface area contributed by atoms with Crippen molar-refractivity contribution in [1.29, 1.82) is 0 Å². The van der Waals surface area contributed by atoms with Crippen molar-refractivity contribution in [3.05, 3.63) is 12.7 Å². The molecule has 0 aromatic rings. The number of carbonyl (C=O) groups is 1. The Balaban J connectivity index is 3.66. The molecule has 0 fully saturated rings. The van der Waals surface area contributed by atoms with Crippen LogP contribution in [0.25, 0.3) is 0 Å². The molecule has 0 aliphatic carbocycles. The summed E-state index contributed by atoms with van der Waals surface area (Å²) in [6.07, 6.45) is 3.68. The fourth-order valence-electron chi connectivity index (χ4n) is 0.802. The first kappa shape index (κ1) is 11.0. The largest absolute Gasteiger partial charge is 0.508 e. The highest BCUT2D eigenvalue weighted by atomic mass is 16.7. The molecular formula is C9H16O3. The van der Waals surface area contributed by atoms with E-state index in [0.717, 1.165) is 19.3 Å². The monoisotopic (exact) mass is 172 g/mol. The summed E-state index contributed by atoms with van der Waals surface area (Å²) in [7, 11) is 1.29. The Bertz CT molecular complexity index is 143. The second-order valence-corrected chi connectivity index (χ2v) is 2.49. The molecule has 0 bridgehead atoms. The first-order valence-corrected chi connectivity index (χ1v) is 4.11. The summed E-state index contributed by atoms with van der Waals surface area (Å²) in [5.74, 6) is 0. The van der Waals surface area contributed by atoms with Gasteiger partial charge in [0.25, 0.3) is 0 Å². The molecule has 3 nitrogen and oxygen atoms in total. The van der Waals surface area contributed by atoms with Crippen molar-refractivity contribution in [2.24, 2.45) is 0 Å². The Morgan fingerprint density at radius 2 is 2.33 bits per heavy atom. The summed E-state index contributed by atoms with van der Waals surface area (Å²) in [5.41, 5.74) is 0. The van der Waals surface area contributed by atoms with E-state index in [0.29, 0.717) is 0 Å². The predicted molar refractivity (Wildman–Crippen MR) is 47.0 cm³/mol. The molecule has 3 heteroatoms. The summed E-state index contributed by atoms with van der Waals surface area (Å²) in [5, 5.41) is 0. The van der Waals surface area contributed by atoms with Crippen LogP contribution >= 0.6 is 0 Å². The first-order valence-electron chi connectivity index (χ1n) is 4.11. The maximum atomic E-state index is 10.7. The average Bonchev–Trinajstić information content (AvgIpc) is 2.11. The van der Waals surface area contributed by atoms with E-state index in [-0.39, 0.29) is 6.10 Å². The normalized spacial score (nSPS) is 11.8. The predicted octanol–water partition coefficient (Wildman–Crippen LogP) is 2.51. The van der Waals surface area contributed by atoms with Gasteiger partial charge in [-0.15, -0.1) is 0 Å². The molecule has 0 rings (SSSR count). The molecule has 0 aliphatic heterocycles. The third-order valence-electron chi connectivity index (χ3n) is 1.52. The van der Waals surface area contributed by atoms with Gasteiger partial charge in [-0.2, -0.15) is 0 Å². The minimum Gasteiger partial charge on any atom is -0.438 e. The van der Waals surface area contributed by atoms with Crippen LogP contribution in [0.5, 0.6) is 0 Å². The van der Waals surface area contributed by atoms with E-state index in [1.54, 1.807) is 6.08 Å². The molecule has 0 aromatic carbocycles. The van der Waals surface area contributed by atoms with Gasteiger partial charge in [0, 0.05) is 0 Å². The van der Waals surface area contributed by atoms with Crippen molar-refractivity contribution in [2.75, 3.05) is 7.11 Å². The van der Waals surface area contributed by atoms with Gasteiger partial charge < -0.3 is 9.47 Å². The van der Waals surface area contributed by atoms with Gasteiger partial charge in [-0.05, 0) is 12.8 Å². The van der Waals surface area contributed by atoms with Crippen LogP contribution < -0.4 is 0 Å². The number of hydrogen-bond acceptors (Lipinski definition) is 3. The van der Waals surface area contributed by atoms with Crippen molar-refractivity contribution in [2.45, 2.75) is 32.3 Å². The second-order valence-electron chi connectivity index (χ2n) is 2.49. The quantitative estimate of drug-likeness (QED) is 0.472. The summed E-state index contributed by atoms with van der Waals surface area (Å²) in [6, 6.07) is 0. The molecule has 0 aliphatic rings. The minimum atomic E-state index is -0.643. The molecule has 0 aromatic heterocycles. The zero-order chi connectivity index (χ0) is 9.40. The first-order chi connectivity index (χ1) is 5.74. The topological polar surface area (TPSA) is 35.5 Å². The standard InChI is InChI=1S/C9H16O3/c1-4-6-7-8(5-2)12-9(10)11-3/h5,8H,2,4,6-7H2,1,3H3. The molecule has 0 spiro atoms. The molecule has 12 heavy (non-hydrogen) atoms. The van der Waals surface area contributed by atoms with Crippen LogP contribution in [0.3, 0.4) is 0 Å². The van der Waals surface area contributed by atoms with Crippen LogP contribution in [0.15, 0.2) is 12.7 Å². The molecule has 0 radical (unpaired) electrons. The van der Waals surface area contributed by atoms with Gasteiger partial charge in [-0.3, -0.25) is 0 Å². The SMILES string of the molecule is C=CC(CCCC)OC(=O)OC. The van der Waals surface area contributed by atoms with Crippen LogP contribution in [-0.4, -0.2) is 19.4 Å². The third-order valence-corrected chi connectivity index (χ3v) is 1.52. The maximum Gasteiger partial charge on any atom is 0.508 e. The highest BCUT2D eigenvalue weighted by Crippen LogP contribution is 2.06. The third kappa shape index (κ3) is 4.77. The van der Waals surface area contributed by atoms with Crippen molar-refractivity contribution in [3.8, 4) is 0 Å². The summed E-state index contributed by atoms with van der Waals surface area (Å²) in [4.78, 5) is 10.7. The smallest absolute Gasteiger partial charge is 0.438 e. The summed E-state index contributed by atoms with van der Waals surface area (Å²) >= 11 is 0. The lowest BCUT2D eigenvalue weighted by Crippen LogP contribution is -2.15. The van der Waals surface area contributed by atoms with Gasteiger partial charge in [0.15, 0.2) is 0 Å². The van der Waals surface area contributed by atoms with Crippen LogP contribution in [0.4, 0.5) is 4.79 Å². The van der Waals surface area contributed by atoms with Gasteiger partial charge in [0.2, 0.25) is 0 Å². The molecular weight excluding hydrogens is 156 g/mol. The summed E-state index contributed by atoms with van der Waals surface area (Å²) in [6.45, 7) is 5.65. The van der Waals surface area contributed by atoms with E-state index < -0.39 is 6.16 Å². The molecule has 0 saturated carbocycles. The zero-order valence-electron chi connectivity index (χ0n) is 7.71. The second kappa shape index (κ2) is 6.70.